The van der Waals surface area contributed by atoms with Crippen LogP contribution in [0.15, 0.2) is 0 Å². The van der Waals surface area contributed by atoms with Crippen molar-refractivity contribution in [3.8, 4) is 0 Å². The van der Waals surface area contributed by atoms with Crippen LogP contribution in [-0.4, -0.2) is 79.0 Å². The van der Waals surface area contributed by atoms with Crippen LogP contribution in [0.1, 0.15) is 6.92 Å². The highest BCUT2D eigenvalue weighted by atomic mass is 16.2. The van der Waals surface area contributed by atoms with Gasteiger partial charge in [-0.15, -0.1) is 0 Å². The summed E-state index contributed by atoms with van der Waals surface area (Å²) in [6, 6.07) is 0. The molecule has 92 valence electrons. The third-order valence-electron chi connectivity index (χ3n) is 3.38. The predicted octanol–water partition coefficient (Wildman–Crippen LogP) is -1.21. The molecule has 0 aliphatic carbocycles. The SMILES string of the molecule is CN1CCN(C(=O)CN2CC(C)(N)C2)CC1. The highest BCUT2D eigenvalue weighted by Gasteiger charge is 2.36. The lowest BCUT2D eigenvalue weighted by Crippen LogP contribution is -2.67. The molecule has 0 aromatic heterocycles. The van der Waals surface area contributed by atoms with Gasteiger partial charge in [-0.05, 0) is 14.0 Å². The molecule has 2 aliphatic rings. The first-order valence-corrected chi connectivity index (χ1v) is 5.94. The summed E-state index contributed by atoms with van der Waals surface area (Å²) in [6.07, 6.45) is 0. The molecule has 0 bridgehead atoms. The van der Waals surface area contributed by atoms with Crippen molar-refractivity contribution in [3.63, 3.8) is 0 Å². The largest absolute Gasteiger partial charge is 0.339 e. The average molecular weight is 226 g/mol. The fourth-order valence-corrected chi connectivity index (χ4v) is 2.43. The third-order valence-corrected chi connectivity index (χ3v) is 3.38. The van der Waals surface area contributed by atoms with Gasteiger partial charge in [0.1, 0.15) is 0 Å². The van der Waals surface area contributed by atoms with Crippen LogP contribution in [0.5, 0.6) is 0 Å². The van der Waals surface area contributed by atoms with Crippen molar-refractivity contribution >= 4 is 5.91 Å². The summed E-state index contributed by atoms with van der Waals surface area (Å²) in [5.74, 6) is 0.253. The van der Waals surface area contributed by atoms with E-state index in [4.69, 9.17) is 5.73 Å². The summed E-state index contributed by atoms with van der Waals surface area (Å²) in [7, 11) is 2.09. The Hall–Kier alpha value is -0.650. The summed E-state index contributed by atoms with van der Waals surface area (Å²) < 4.78 is 0. The molecule has 2 N–H and O–H groups in total. The van der Waals surface area contributed by atoms with Crippen LogP contribution in [0.25, 0.3) is 0 Å². The number of likely N-dealkylation sites (N-methyl/N-ethyl adjacent to an activating group) is 1. The van der Waals surface area contributed by atoms with Gasteiger partial charge in [0.25, 0.3) is 0 Å². The van der Waals surface area contributed by atoms with E-state index in [1.165, 1.54) is 0 Å². The zero-order valence-corrected chi connectivity index (χ0v) is 10.3. The molecule has 5 nitrogen and oxygen atoms in total. The van der Waals surface area contributed by atoms with Gasteiger partial charge in [0.05, 0.1) is 6.54 Å². The van der Waals surface area contributed by atoms with E-state index in [1.54, 1.807) is 0 Å². The quantitative estimate of drug-likeness (QED) is 0.642. The van der Waals surface area contributed by atoms with E-state index in [1.807, 2.05) is 11.8 Å². The Morgan fingerprint density at radius 2 is 1.81 bits per heavy atom. The number of piperazine rings is 1. The van der Waals surface area contributed by atoms with Crippen LogP contribution in [0.4, 0.5) is 0 Å². The van der Waals surface area contributed by atoms with Gasteiger partial charge in [0.2, 0.25) is 5.91 Å². The Morgan fingerprint density at radius 1 is 1.25 bits per heavy atom. The minimum absolute atomic E-state index is 0.0810. The fourth-order valence-electron chi connectivity index (χ4n) is 2.43. The molecule has 0 aromatic carbocycles. The normalized spacial score (nSPS) is 26.6. The van der Waals surface area contributed by atoms with Crippen molar-refractivity contribution in [2.45, 2.75) is 12.5 Å². The molecular weight excluding hydrogens is 204 g/mol. The van der Waals surface area contributed by atoms with Gasteiger partial charge < -0.3 is 15.5 Å². The van der Waals surface area contributed by atoms with Crippen LogP contribution in [0, 0.1) is 0 Å². The van der Waals surface area contributed by atoms with Gasteiger partial charge in [-0.3, -0.25) is 9.69 Å². The maximum absolute atomic E-state index is 11.9. The molecule has 1 amide bonds. The van der Waals surface area contributed by atoms with Crippen molar-refractivity contribution in [3.05, 3.63) is 0 Å². The smallest absolute Gasteiger partial charge is 0.236 e. The molecule has 5 heteroatoms. The van der Waals surface area contributed by atoms with Gasteiger partial charge in [0, 0.05) is 44.8 Å². The van der Waals surface area contributed by atoms with Crippen LogP contribution < -0.4 is 5.73 Å². The highest BCUT2D eigenvalue weighted by molar-refractivity contribution is 5.78. The van der Waals surface area contributed by atoms with Crippen molar-refractivity contribution in [2.75, 3.05) is 52.9 Å². The summed E-state index contributed by atoms with van der Waals surface area (Å²) >= 11 is 0. The Bertz CT molecular complexity index is 263. The van der Waals surface area contributed by atoms with Gasteiger partial charge in [-0.2, -0.15) is 0 Å². The molecule has 0 aromatic rings. The van der Waals surface area contributed by atoms with Crippen LogP contribution in [0.2, 0.25) is 0 Å². The first-order chi connectivity index (χ1) is 7.46. The lowest BCUT2D eigenvalue weighted by molar-refractivity contribution is -0.135. The molecule has 16 heavy (non-hydrogen) atoms. The number of carbonyl (C=O) groups excluding carboxylic acids is 1. The van der Waals surface area contributed by atoms with E-state index in [0.29, 0.717) is 6.54 Å². The van der Waals surface area contributed by atoms with Gasteiger partial charge in [-0.1, -0.05) is 0 Å². The number of nitrogens with zero attached hydrogens (tertiary/aromatic N) is 3. The van der Waals surface area contributed by atoms with Crippen molar-refractivity contribution in [1.82, 2.24) is 14.7 Å². The van der Waals surface area contributed by atoms with E-state index in [-0.39, 0.29) is 11.4 Å². The third kappa shape index (κ3) is 2.72. The number of nitrogens with two attached hydrogens (primary N) is 1. The molecule has 0 atom stereocenters. The summed E-state index contributed by atoms with van der Waals surface area (Å²) in [6.45, 7) is 7.95. The van der Waals surface area contributed by atoms with E-state index in [2.05, 4.69) is 16.8 Å². The minimum Gasteiger partial charge on any atom is -0.339 e. The number of rotatable bonds is 2. The van der Waals surface area contributed by atoms with Gasteiger partial charge in [0.15, 0.2) is 0 Å². The Balaban J connectivity index is 1.72. The number of hydrogen-bond acceptors (Lipinski definition) is 4. The highest BCUT2D eigenvalue weighted by Crippen LogP contribution is 2.16. The molecule has 2 fully saturated rings. The zero-order valence-electron chi connectivity index (χ0n) is 10.3. The fraction of sp³-hybridized carbons (Fsp3) is 0.909. The second-order valence-electron chi connectivity index (χ2n) is 5.48. The molecule has 0 saturated carbocycles. The molecule has 2 rings (SSSR count). The van der Waals surface area contributed by atoms with Gasteiger partial charge in [-0.25, -0.2) is 0 Å². The molecule has 2 saturated heterocycles. The second-order valence-corrected chi connectivity index (χ2v) is 5.48. The maximum Gasteiger partial charge on any atom is 0.236 e. The Labute approximate surface area is 97.2 Å². The Morgan fingerprint density at radius 3 is 2.31 bits per heavy atom. The molecule has 0 unspecified atom stereocenters. The van der Waals surface area contributed by atoms with Gasteiger partial charge >= 0.3 is 0 Å². The summed E-state index contributed by atoms with van der Waals surface area (Å²) in [5, 5.41) is 0. The van der Waals surface area contributed by atoms with Crippen molar-refractivity contribution < 1.29 is 4.79 Å². The average Bonchev–Trinajstić information content (AvgIpc) is 2.15. The van der Waals surface area contributed by atoms with E-state index >= 15 is 0 Å². The van der Waals surface area contributed by atoms with Crippen LogP contribution in [0.3, 0.4) is 0 Å². The Kier molecular flexibility index (Phi) is 3.19. The second kappa shape index (κ2) is 4.31. The van der Waals surface area contributed by atoms with E-state index < -0.39 is 0 Å². The van der Waals surface area contributed by atoms with Crippen LogP contribution >= 0.6 is 0 Å². The van der Waals surface area contributed by atoms with Crippen molar-refractivity contribution in [2.24, 2.45) is 5.73 Å². The van der Waals surface area contributed by atoms with E-state index in [9.17, 15) is 4.79 Å². The number of likely N-dealkylation sites (tertiary alicyclic amines) is 1. The summed E-state index contributed by atoms with van der Waals surface area (Å²) in [4.78, 5) is 18.3. The molecular formula is C11H22N4O. The van der Waals surface area contributed by atoms with Crippen LogP contribution in [-0.2, 0) is 4.79 Å². The summed E-state index contributed by atoms with van der Waals surface area (Å²) in [5.41, 5.74) is 5.83. The maximum atomic E-state index is 11.9. The monoisotopic (exact) mass is 226 g/mol. The van der Waals surface area contributed by atoms with E-state index in [0.717, 1.165) is 39.3 Å². The lowest BCUT2D eigenvalue weighted by atomic mass is 9.94. The topological polar surface area (TPSA) is 52.8 Å². The number of amides is 1. The molecule has 0 radical (unpaired) electrons. The number of hydrogen-bond donors (Lipinski definition) is 1. The zero-order chi connectivity index (χ0) is 11.8. The number of carbonyl (C=O) groups is 1. The standard InChI is InChI=1S/C11H22N4O/c1-11(12)8-14(9-11)7-10(16)15-5-3-13(2)4-6-15/h3-9,12H2,1-2H3. The molecule has 2 heterocycles. The first-order valence-electron chi connectivity index (χ1n) is 5.94. The van der Waals surface area contributed by atoms with Crippen molar-refractivity contribution in [1.29, 1.82) is 0 Å². The molecule has 2 aliphatic heterocycles. The lowest BCUT2D eigenvalue weighted by Gasteiger charge is -2.46. The predicted molar refractivity (Wildman–Crippen MR) is 63.1 cm³/mol. The molecule has 0 spiro atoms. The minimum atomic E-state index is -0.0810. The first kappa shape index (κ1) is 11.8.